The van der Waals surface area contributed by atoms with Crippen LogP contribution in [0.4, 0.5) is 5.69 Å². The zero-order chi connectivity index (χ0) is 25.2. The van der Waals surface area contributed by atoms with Gasteiger partial charge in [0.15, 0.2) is 17.3 Å². The summed E-state index contributed by atoms with van der Waals surface area (Å²) >= 11 is 6.28. The van der Waals surface area contributed by atoms with Crippen molar-refractivity contribution in [1.29, 1.82) is 0 Å². The van der Waals surface area contributed by atoms with E-state index in [2.05, 4.69) is 0 Å². The summed E-state index contributed by atoms with van der Waals surface area (Å²) in [6.07, 6.45) is 3.79. The van der Waals surface area contributed by atoms with Gasteiger partial charge in [-0.15, -0.1) is 0 Å². The van der Waals surface area contributed by atoms with Gasteiger partial charge in [-0.05, 0) is 43.7 Å². The number of halogens is 1. The van der Waals surface area contributed by atoms with Gasteiger partial charge in [-0.1, -0.05) is 66.2 Å². The first-order valence-corrected chi connectivity index (χ1v) is 12.5. The molecule has 0 N–H and O–H groups in total. The fourth-order valence-electron chi connectivity index (χ4n) is 6.47. The summed E-state index contributed by atoms with van der Waals surface area (Å²) in [6, 6.07) is 18.5. The van der Waals surface area contributed by atoms with Gasteiger partial charge in [-0.25, -0.2) is 0 Å². The molecule has 3 aromatic carbocycles. The molecule has 2 aliphatic heterocycles. The largest absolute Gasteiger partial charge is 0.494 e. The van der Waals surface area contributed by atoms with E-state index >= 15 is 0 Å². The molecule has 1 spiro atoms. The Labute approximate surface area is 214 Å². The molecule has 0 saturated carbocycles. The lowest BCUT2D eigenvalue weighted by Gasteiger charge is -2.37. The van der Waals surface area contributed by atoms with Gasteiger partial charge in [0.25, 0.3) is 0 Å². The van der Waals surface area contributed by atoms with E-state index in [0.717, 1.165) is 11.3 Å². The molecule has 0 unspecified atom stereocenters. The first-order chi connectivity index (χ1) is 17.4. The molecule has 5 nitrogen and oxygen atoms in total. The van der Waals surface area contributed by atoms with E-state index in [-0.39, 0.29) is 17.3 Å². The average Bonchev–Trinajstić information content (AvgIpc) is 3.31. The number of fused-ring (bicyclic) bond motifs is 5. The van der Waals surface area contributed by atoms with E-state index in [9.17, 15) is 14.4 Å². The third kappa shape index (κ3) is 2.86. The van der Waals surface area contributed by atoms with Crippen LogP contribution in [0.15, 0.2) is 72.8 Å². The Bertz CT molecular complexity index is 1440. The van der Waals surface area contributed by atoms with Gasteiger partial charge in [0.2, 0.25) is 0 Å². The van der Waals surface area contributed by atoms with Gasteiger partial charge in [0.1, 0.15) is 11.2 Å². The Balaban J connectivity index is 1.69. The van der Waals surface area contributed by atoms with Gasteiger partial charge in [-0.3, -0.25) is 14.4 Å². The molecule has 180 valence electrons. The summed E-state index contributed by atoms with van der Waals surface area (Å²) in [6.45, 7) is 3.83. The van der Waals surface area contributed by atoms with Gasteiger partial charge in [-0.2, -0.15) is 0 Å². The third-order valence-corrected chi connectivity index (χ3v) is 7.97. The number of hydrogen-bond acceptors (Lipinski definition) is 5. The second-order valence-electron chi connectivity index (χ2n) is 9.49. The molecule has 1 saturated heterocycles. The van der Waals surface area contributed by atoms with E-state index in [0.29, 0.717) is 34.1 Å². The molecule has 3 atom stereocenters. The Morgan fingerprint density at radius 3 is 2.33 bits per heavy atom. The van der Waals surface area contributed by atoms with Crippen molar-refractivity contribution < 1.29 is 19.1 Å². The zero-order valence-electron chi connectivity index (χ0n) is 19.9. The lowest BCUT2D eigenvalue weighted by Crippen LogP contribution is -2.48. The van der Waals surface area contributed by atoms with Crippen LogP contribution in [-0.2, 0) is 4.79 Å². The molecule has 6 heteroatoms. The number of anilines is 1. The van der Waals surface area contributed by atoms with Gasteiger partial charge < -0.3 is 9.64 Å². The lowest BCUT2D eigenvalue weighted by atomic mass is 9.64. The lowest BCUT2D eigenvalue weighted by molar-refractivity contribution is -0.118. The predicted molar refractivity (Wildman–Crippen MR) is 139 cm³/mol. The number of Topliss-reactive ketones (excluding diaryl/α,β-unsaturated/α-hetero) is 3. The molecule has 0 aromatic heterocycles. The van der Waals surface area contributed by atoms with Crippen molar-refractivity contribution in [2.45, 2.75) is 31.8 Å². The predicted octanol–water partition coefficient (Wildman–Crippen LogP) is 5.76. The molecular formula is C30H24ClNO4. The van der Waals surface area contributed by atoms with Gasteiger partial charge in [0.05, 0.1) is 18.7 Å². The van der Waals surface area contributed by atoms with Crippen LogP contribution in [0, 0.1) is 5.41 Å². The van der Waals surface area contributed by atoms with Crippen molar-refractivity contribution in [2.24, 2.45) is 5.41 Å². The molecular weight excluding hydrogens is 474 g/mol. The summed E-state index contributed by atoms with van der Waals surface area (Å²) in [7, 11) is 0. The van der Waals surface area contributed by atoms with Crippen LogP contribution in [0.1, 0.15) is 51.6 Å². The number of rotatable bonds is 4. The molecule has 2 heterocycles. The molecule has 0 amide bonds. The van der Waals surface area contributed by atoms with Crippen molar-refractivity contribution >= 4 is 40.7 Å². The van der Waals surface area contributed by atoms with Crippen molar-refractivity contribution in [2.75, 3.05) is 11.5 Å². The second kappa shape index (κ2) is 8.17. The van der Waals surface area contributed by atoms with Crippen LogP contribution in [0.5, 0.6) is 5.75 Å². The molecule has 3 aliphatic rings. The molecule has 6 rings (SSSR count). The minimum Gasteiger partial charge on any atom is -0.494 e. The molecule has 0 radical (unpaired) electrons. The van der Waals surface area contributed by atoms with E-state index in [4.69, 9.17) is 16.3 Å². The first-order valence-electron chi connectivity index (χ1n) is 12.1. The zero-order valence-corrected chi connectivity index (χ0v) is 20.7. The van der Waals surface area contributed by atoms with Crippen LogP contribution in [0.25, 0.3) is 6.08 Å². The number of carbonyl (C=O) groups is 3. The second-order valence-corrected chi connectivity index (χ2v) is 9.93. The van der Waals surface area contributed by atoms with Gasteiger partial charge >= 0.3 is 0 Å². The molecule has 1 fully saturated rings. The van der Waals surface area contributed by atoms with E-state index in [1.165, 1.54) is 6.92 Å². The van der Waals surface area contributed by atoms with Crippen LogP contribution in [0.3, 0.4) is 0 Å². The number of para-hydroxylation sites is 1. The number of carbonyl (C=O) groups excluding carboxylic acids is 3. The average molecular weight is 498 g/mol. The highest BCUT2D eigenvalue weighted by molar-refractivity contribution is 6.32. The van der Waals surface area contributed by atoms with Gasteiger partial charge in [0, 0.05) is 33.3 Å². The van der Waals surface area contributed by atoms with Crippen molar-refractivity contribution in [1.82, 2.24) is 0 Å². The highest BCUT2D eigenvalue weighted by Crippen LogP contribution is 2.61. The fraction of sp³-hybridized carbons (Fsp3) is 0.233. The Morgan fingerprint density at radius 1 is 1.00 bits per heavy atom. The Kier molecular flexibility index (Phi) is 5.16. The number of ether oxygens (including phenoxy) is 1. The van der Waals surface area contributed by atoms with E-state index < -0.39 is 23.4 Å². The van der Waals surface area contributed by atoms with E-state index in [1.807, 2.05) is 60.4 Å². The Morgan fingerprint density at radius 2 is 1.67 bits per heavy atom. The maximum absolute atomic E-state index is 14.4. The number of benzene rings is 3. The molecule has 3 aromatic rings. The quantitative estimate of drug-likeness (QED) is 0.429. The van der Waals surface area contributed by atoms with Crippen molar-refractivity contribution in [3.63, 3.8) is 0 Å². The monoisotopic (exact) mass is 497 g/mol. The number of ketones is 3. The normalized spacial score (nSPS) is 23.0. The summed E-state index contributed by atoms with van der Waals surface area (Å²) < 4.78 is 5.98. The minimum absolute atomic E-state index is 0.124. The Hall–Kier alpha value is -3.70. The highest BCUT2D eigenvalue weighted by atomic mass is 35.5. The third-order valence-electron chi connectivity index (χ3n) is 7.74. The van der Waals surface area contributed by atoms with Crippen LogP contribution in [0.2, 0.25) is 5.02 Å². The summed E-state index contributed by atoms with van der Waals surface area (Å²) in [5.41, 5.74) is 1.60. The number of hydrogen-bond donors (Lipinski definition) is 0. The SMILES string of the molecule is CCOc1ccccc1[C@@H]1[C@@H](C(C)=O)N2c3ccc(Cl)cc3C=C[C@@H]2C12C(=O)c1ccccc1C2=O. The summed E-state index contributed by atoms with van der Waals surface area (Å²) in [5.74, 6) is -0.796. The fourth-order valence-corrected chi connectivity index (χ4v) is 6.65. The summed E-state index contributed by atoms with van der Waals surface area (Å²) in [4.78, 5) is 44.3. The van der Waals surface area contributed by atoms with E-state index in [1.54, 1.807) is 30.3 Å². The topological polar surface area (TPSA) is 63.7 Å². The van der Waals surface area contributed by atoms with Crippen molar-refractivity contribution in [3.05, 3.63) is 100 Å². The maximum Gasteiger partial charge on any atom is 0.180 e. The van der Waals surface area contributed by atoms with Crippen molar-refractivity contribution in [3.8, 4) is 5.75 Å². The van der Waals surface area contributed by atoms with Crippen LogP contribution >= 0.6 is 11.6 Å². The highest BCUT2D eigenvalue weighted by Gasteiger charge is 2.71. The smallest absolute Gasteiger partial charge is 0.180 e. The van der Waals surface area contributed by atoms with Crippen LogP contribution in [-0.4, -0.2) is 36.0 Å². The number of nitrogens with zero attached hydrogens (tertiary/aromatic N) is 1. The molecule has 1 aliphatic carbocycles. The molecule has 36 heavy (non-hydrogen) atoms. The molecule has 0 bridgehead atoms. The maximum atomic E-state index is 14.4. The minimum atomic E-state index is -1.51. The first kappa shape index (κ1) is 22.7. The van der Waals surface area contributed by atoms with Crippen LogP contribution < -0.4 is 9.64 Å². The standard InChI is InChI=1S/C30H24ClNO4/c1-3-36-24-11-7-6-10-22(24)26-27(17(2)33)32-23-14-13-19(31)16-18(23)12-15-25(32)30(26)28(34)20-8-4-5-9-21(20)29(30)35/h4-16,25-27H,3H2,1-2H3/t25-,26-,27-/m1/s1. The summed E-state index contributed by atoms with van der Waals surface area (Å²) in [5, 5.41) is 0.573.